The summed E-state index contributed by atoms with van der Waals surface area (Å²) >= 11 is 0. The van der Waals surface area contributed by atoms with Crippen molar-refractivity contribution in [3.05, 3.63) is 76.9 Å². The van der Waals surface area contributed by atoms with Gasteiger partial charge in [0.05, 0.1) is 0 Å². The van der Waals surface area contributed by atoms with E-state index in [1.807, 2.05) is 12.2 Å². The molecule has 3 rings (SSSR count). The van der Waals surface area contributed by atoms with Crippen LogP contribution in [0.25, 0.3) is 5.57 Å². The number of allylic oxidation sites excluding steroid dienone is 8. The lowest BCUT2D eigenvalue weighted by atomic mass is 10.0. The van der Waals surface area contributed by atoms with Gasteiger partial charge < -0.3 is 17.3 Å². The first-order chi connectivity index (χ1) is 10.8. The van der Waals surface area contributed by atoms with Crippen LogP contribution < -0.4 is 0 Å². The molecular formula is C17H15BF4O. The Labute approximate surface area is 132 Å². The summed E-state index contributed by atoms with van der Waals surface area (Å²) in [5.74, 6) is 0.902. The molecule has 0 unspecified atom stereocenters. The lowest BCUT2D eigenvalue weighted by Crippen LogP contribution is -2.02. The first-order valence-electron chi connectivity index (χ1n) is 6.97. The minimum Gasteiger partial charge on any atom is -0.418 e. The van der Waals surface area contributed by atoms with Gasteiger partial charge in [-0.3, -0.25) is 4.42 Å². The van der Waals surface area contributed by atoms with E-state index in [0.29, 0.717) is 0 Å². The molecule has 0 amide bonds. The van der Waals surface area contributed by atoms with Crippen molar-refractivity contribution < 1.29 is 21.7 Å². The van der Waals surface area contributed by atoms with E-state index >= 15 is 0 Å². The lowest BCUT2D eigenvalue weighted by molar-refractivity contribution is -0.417. The minimum absolute atomic E-state index is 0.902. The van der Waals surface area contributed by atoms with Crippen molar-refractivity contribution in [1.29, 1.82) is 0 Å². The molecule has 0 fully saturated rings. The van der Waals surface area contributed by atoms with Gasteiger partial charge in [0.1, 0.15) is 0 Å². The predicted molar refractivity (Wildman–Crippen MR) is 85.5 cm³/mol. The molecule has 1 aromatic rings. The maximum atomic E-state index is 9.75. The molecule has 0 heterocycles. The third-order valence-corrected chi connectivity index (χ3v) is 3.38. The summed E-state index contributed by atoms with van der Waals surface area (Å²) in [6.07, 6.45) is 8.26. The average Bonchev–Trinajstić information content (AvgIpc) is 3.18. The van der Waals surface area contributed by atoms with Gasteiger partial charge in [0.15, 0.2) is 0 Å². The monoisotopic (exact) mass is 322 g/mol. The molecule has 0 aromatic heterocycles. The second-order valence-corrected chi connectivity index (χ2v) is 4.96. The molecule has 6 heteroatoms. The molecule has 0 saturated heterocycles. The fourth-order valence-corrected chi connectivity index (χ4v) is 2.37. The Kier molecular flexibility index (Phi) is 5.03. The van der Waals surface area contributed by atoms with Crippen LogP contribution in [0.2, 0.25) is 0 Å². The van der Waals surface area contributed by atoms with Gasteiger partial charge in [0.25, 0.3) is 7.11 Å². The SMILES string of the molecule is C[O+]=C1C=CC(=C2C(C)=C2c2ccccc2)C=C1.F[B-](F)(F)F. The second kappa shape index (κ2) is 6.81. The first kappa shape index (κ1) is 17.0. The zero-order chi connectivity index (χ0) is 17.0. The molecule has 0 atom stereocenters. The van der Waals surface area contributed by atoms with Gasteiger partial charge >= 0.3 is 13.0 Å². The summed E-state index contributed by atoms with van der Waals surface area (Å²) in [6.45, 7) is 2.18. The molecular weight excluding hydrogens is 307 g/mol. The maximum Gasteiger partial charge on any atom is 0.673 e. The van der Waals surface area contributed by atoms with Crippen LogP contribution in [0.5, 0.6) is 0 Å². The molecule has 1 nitrogen and oxygen atoms in total. The van der Waals surface area contributed by atoms with Crippen molar-refractivity contribution >= 4 is 18.6 Å². The zero-order valence-electron chi connectivity index (χ0n) is 12.7. The Hall–Kier alpha value is -2.37. The summed E-state index contributed by atoms with van der Waals surface area (Å²) in [7, 11) is -4.31. The van der Waals surface area contributed by atoms with Gasteiger partial charge in [-0.15, -0.1) is 0 Å². The molecule has 0 bridgehead atoms. The third kappa shape index (κ3) is 4.81. The standard InChI is InChI=1S/C17H15O.BF4/c1-12-16(13-6-4-3-5-7-13)17(12)14-8-10-15(18-2)11-9-14;2-1(3,4)5/h3-11H,1-2H3;/q+1;-1. The molecule has 0 radical (unpaired) electrons. The molecule has 2 aliphatic carbocycles. The van der Waals surface area contributed by atoms with E-state index in [4.69, 9.17) is 4.42 Å². The van der Waals surface area contributed by atoms with Crippen LogP contribution in [0.1, 0.15) is 12.5 Å². The second-order valence-electron chi connectivity index (χ2n) is 4.96. The van der Waals surface area contributed by atoms with Crippen LogP contribution in [0.15, 0.2) is 71.4 Å². The van der Waals surface area contributed by atoms with E-state index in [2.05, 4.69) is 49.4 Å². The number of ketones is 1. The Morgan fingerprint density at radius 2 is 1.35 bits per heavy atom. The molecule has 120 valence electrons. The normalized spacial score (nSPS) is 16.3. The maximum absolute atomic E-state index is 9.75. The number of hydrogen-bond donors (Lipinski definition) is 0. The van der Waals surface area contributed by atoms with Crippen molar-refractivity contribution in [1.82, 2.24) is 0 Å². The van der Waals surface area contributed by atoms with Crippen molar-refractivity contribution in [2.24, 2.45) is 0 Å². The van der Waals surface area contributed by atoms with Gasteiger partial charge in [0, 0.05) is 12.2 Å². The van der Waals surface area contributed by atoms with Gasteiger partial charge in [0.2, 0.25) is 0 Å². The summed E-state index contributed by atoms with van der Waals surface area (Å²) in [5, 5.41) is 0. The van der Waals surface area contributed by atoms with Gasteiger partial charge in [-0.25, -0.2) is 0 Å². The third-order valence-electron chi connectivity index (χ3n) is 3.38. The summed E-state index contributed by atoms with van der Waals surface area (Å²) in [5.41, 5.74) is 6.74. The number of benzene rings is 1. The molecule has 1 aromatic carbocycles. The van der Waals surface area contributed by atoms with Crippen LogP contribution in [0.3, 0.4) is 0 Å². The lowest BCUT2D eigenvalue weighted by Gasteiger charge is -1.98. The van der Waals surface area contributed by atoms with Crippen LogP contribution in [-0.2, 0) is 4.42 Å². The fraction of sp³-hybridized carbons (Fsp3) is 0.118. The Bertz CT molecular complexity index is 714. The fourth-order valence-electron chi connectivity index (χ4n) is 2.37. The van der Waals surface area contributed by atoms with E-state index in [-0.39, 0.29) is 0 Å². The summed E-state index contributed by atoms with van der Waals surface area (Å²) < 4.78 is 44.2. The molecule has 23 heavy (non-hydrogen) atoms. The number of rotatable bonds is 1. The topological polar surface area (TPSA) is 11.3 Å². The molecule has 0 aliphatic heterocycles. The summed E-state index contributed by atoms with van der Waals surface area (Å²) in [4.78, 5) is 0. The van der Waals surface area contributed by atoms with Crippen molar-refractivity contribution in [3.8, 4) is 0 Å². The van der Waals surface area contributed by atoms with Crippen LogP contribution in [0, 0.1) is 0 Å². The van der Waals surface area contributed by atoms with Gasteiger partial charge in [-0.2, -0.15) is 0 Å². The van der Waals surface area contributed by atoms with Gasteiger partial charge in [-0.05, 0) is 46.9 Å². The van der Waals surface area contributed by atoms with Gasteiger partial charge in [-0.1, -0.05) is 30.3 Å². The quantitative estimate of drug-likeness (QED) is 0.395. The highest BCUT2D eigenvalue weighted by Crippen LogP contribution is 2.48. The predicted octanol–water partition coefficient (Wildman–Crippen LogP) is 4.93. The van der Waals surface area contributed by atoms with E-state index in [1.54, 1.807) is 7.11 Å². The Morgan fingerprint density at radius 3 is 1.83 bits per heavy atom. The van der Waals surface area contributed by atoms with E-state index in [1.165, 1.54) is 27.9 Å². The van der Waals surface area contributed by atoms with Crippen molar-refractivity contribution in [2.75, 3.05) is 7.11 Å². The highest BCUT2D eigenvalue weighted by atomic mass is 19.5. The van der Waals surface area contributed by atoms with E-state index in [9.17, 15) is 17.3 Å². The van der Waals surface area contributed by atoms with Crippen molar-refractivity contribution in [2.45, 2.75) is 6.92 Å². The Morgan fingerprint density at radius 1 is 0.826 bits per heavy atom. The highest BCUT2D eigenvalue weighted by Gasteiger charge is 2.29. The van der Waals surface area contributed by atoms with Crippen LogP contribution in [-0.4, -0.2) is 20.1 Å². The van der Waals surface area contributed by atoms with Crippen LogP contribution >= 0.6 is 0 Å². The first-order valence-corrected chi connectivity index (χ1v) is 6.97. The molecule has 0 saturated carbocycles. The largest absolute Gasteiger partial charge is 0.673 e. The van der Waals surface area contributed by atoms with E-state index in [0.717, 1.165) is 5.78 Å². The van der Waals surface area contributed by atoms with Crippen LogP contribution in [0.4, 0.5) is 17.3 Å². The zero-order valence-corrected chi connectivity index (χ0v) is 12.7. The molecule has 2 aliphatic rings. The Balaban J connectivity index is 0.000000338. The summed E-state index contributed by atoms with van der Waals surface area (Å²) in [6, 6.07) is 10.5. The average molecular weight is 322 g/mol. The van der Waals surface area contributed by atoms with E-state index < -0.39 is 7.25 Å². The smallest absolute Gasteiger partial charge is 0.418 e. The van der Waals surface area contributed by atoms with Crippen molar-refractivity contribution in [3.63, 3.8) is 0 Å². The number of hydrogen-bond acceptors (Lipinski definition) is 0. The number of carbonyl (C=O) groups excluding carboxylic acids is 1. The molecule has 0 N–H and O–H groups in total. The minimum atomic E-state index is -6.00. The number of halogens is 4. The highest BCUT2D eigenvalue weighted by molar-refractivity contribution is 6.50. The molecule has 0 spiro atoms.